The summed E-state index contributed by atoms with van der Waals surface area (Å²) >= 11 is 0. The van der Waals surface area contributed by atoms with Gasteiger partial charge >= 0.3 is 0 Å². The molecule has 1 atom stereocenters. The average molecular weight is 419 g/mol. The highest BCUT2D eigenvalue weighted by atomic mass is 32.2. The second-order valence-electron chi connectivity index (χ2n) is 6.94. The highest BCUT2D eigenvalue weighted by Gasteiger charge is 2.34. The first-order valence-corrected chi connectivity index (χ1v) is 11.2. The Bertz CT molecular complexity index is 948. The Morgan fingerprint density at radius 3 is 2.21 bits per heavy atom. The lowest BCUT2D eigenvalue weighted by molar-refractivity contribution is -0.123. The SMILES string of the molecule is COc1ccc(N(C)C(=O)C(c2ccccc2)N2CCS(=O)(=O)CC2)cc1OC. The van der Waals surface area contributed by atoms with Gasteiger partial charge in [-0.25, -0.2) is 8.42 Å². The molecule has 1 unspecified atom stereocenters. The molecule has 0 aliphatic carbocycles. The summed E-state index contributed by atoms with van der Waals surface area (Å²) in [5.74, 6) is 1.10. The van der Waals surface area contributed by atoms with E-state index in [2.05, 4.69) is 0 Å². The number of carbonyl (C=O) groups is 1. The number of carbonyl (C=O) groups excluding carboxylic acids is 1. The lowest BCUT2D eigenvalue weighted by Gasteiger charge is -2.36. The van der Waals surface area contributed by atoms with Gasteiger partial charge in [0.25, 0.3) is 0 Å². The number of benzene rings is 2. The van der Waals surface area contributed by atoms with Gasteiger partial charge < -0.3 is 14.4 Å². The van der Waals surface area contributed by atoms with Crippen molar-refractivity contribution < 1.29 is 22.7 Å². The van der Waals surface area contributed by atoms with E-state index in [0.717, 1.165) is 5.56 Å². The minimum atomic E-state index is -3.04. The van der Waals surface area contributed by atoms with Crippen LogP contribution < -0.4 is 14.4 Å². The normalized spacial score (nSPS) is 17.3. The molecule has 1 aliphatic heterocycles. The zero-order valence-corrected chi connectivity index (χ0v) is 17.7. The van der Waals surface area contributed by atoms with Gasteiger partial charge in [-0.05, 0) is 17.7 Å². The zero-order chi connectivity index (χ0) is 21.0. The molecule has 1 fully saturated rings. The fourth-order valence-electron chi connectivity index (χ4n) is 3.47. The quantitative estimate of drug-likeness (QED) is 0.715. The lowest BCUT2D eigenvalue weighted by Crippen LogP contribution is -2.48. The molecule has 2 aromatic rings. The average Bonchev–Trinajstić information content (AvgIpc) is 2.74. The first-order valence-electron chi connectivity index (χ1n) is 9.35. The van der Waals surface area contributed by atoms with Crippen LogP contribution >= 0.6 is 0 Å². The topological polar surface area (TPSA) is 76.2 Å². The second kappa shape index (κ2) is 8.84. The van der Waals surface area contributed by atoms with Crippen molar-refractivity contribution in [2.24, 2.45) is 0 Å². The molecule has 1 amide bonds. The van der Waals surface area contributed by atoms with Crippen LogP contribution in [-0.2, 0) is 14.6 Å². The molecule has 1 aliphatic rings. The van der Waals surface area contributed by atoms with Crippen LogP contribution in [0.1, 0.15) is 11.6 Å². The van der Waals surface area contributed by atoms with Crippen molar-refractivity contribution in [1.82, 2.24) is 4.90 Å². The largest absolute Gasteiger partial charge is 0.493 e. The third-order valence-electron chi connectivity index (χ3n) is 5.18. The van der Waals surface area contributed by atoms with Gasteiger partial charge in [0.1, 0.15) is 6.04 Å². The molecule has 0 radical (unpaired) electrons. The molecule has 156 valence electrons. The van der Waals surface area contributed by atoms with Crippen LogP contribution in [0.3, 0.4) is 0 Å². The summed E-state index contributed by atoms with van der Waals surface area (Å²) in [6.07, 6.45) is 0. The van der Waals surface area contributed by atoms with E-state index in [-0.39, 0.29) is 17.4 Å². The number of hydrogen-bond donors (Lipinski definition) is 0. The highest BCUT2D eigenvalue weighted by Crippen LogP contribution is 2.33. The van der Waals surface area contributed by atoms with Crippen LogP contribution in [0.5, 0.6) is 11.5 Å². The van der Waals surface area contributed by atoms with E-state index >= 15 is 0 Å². The third-order valence-corrected chi connectivity index (χ3v) is 6.79. The van der Waals surface area contributed by atoms with E-state index < -0.39 is 15.9 Å². The highest BCUT2D eigenvalue weighted by molar-refractivity contribution is 7.91. The van der Waals surface area contributed by atoms with E-state index in [1.165, 1.54) is 0 Å². The van der Waals surface area contributed by atoms with Crippen LogP contribution in [-0.4, -0.2) is 65.1 Å². The Labute approximate surface area is 171 Å². The number of methoxy groups -OCH3 is 2. The summed E-state index contributed by atoms with van der Waals surface area (Å²) in [5.41, 5.74) is 1.50. The Morgan fingerprint density at radius 1 is 1.00 bits per heavy atom. The van der Waals surface area contributed by atoms with E-state index in [1.807, 2.05) is 35.2 Å². The molecule has 0 spiro atoms. The predicted molar refractivity (Wildman–Crippen MR) is 112 cm³/mol. The summed E-state index contributed by atoms with van der Waals surface area (Å²) in [7, 11) is 1.77. The maximum atomic E-state index is 13.5. The molecule has 0 saturated carbocycles. The molecule has 8 heteroatoms. The Balaban J connectivity index is 1.92. The van der Waals surface area contributed by atoms with Gasteiger partial charge in [-0.15, -0.1) is 0 Å². The third kappa shape index (κ3) is 4.71. The molecule has 7 nitrogen and oxygen atoms in total. The summed E-state index contributed by atoms with van der Waals surface area (Å²) in [6.45, 7) is 0.654. The van der Waals surface area contributed by atoms with Gasteiger partial charge in [0.05, 0.1) is 25.7 Å². The molecule has 1 heterocycles. The maximum absolute atomic E-state index is 13.5. The summed E-state index contributed by atoms with van der Waals surface area (Å²) in [4.78, 5) is 17.0. The smallest absolute Gasteiger partial charge is 0.248 e. The Morgan fingerprint density at radius 2 is 1.62 bits per heavy atom. The van der Waals surface area contributed by atoms with Gasteiger partial charge in [0.15, 0.2) is 21.3 Å². The van der Waals surface area contributed by atoms with Crippen LogP contribution in [0, 0.1) is 0 Å². The second-order valence-corrected chi connectivity index (χ2v) is 9.24. The number of hydrogen-bond acceptors (Lipinski definition) is 6. The number of nitrogens with zero attached hydrogens (tertiary/aromatic N) is 2. The fraction of sp³-hybridized carbons (Fsp3) is 0.381. The monoisotopic (exact) mass is 418 g/mol. The van der Waals surface area contributed by atoms with Gasteiger partial charge in [0.2, 0.25) is 5.91 Å². The van der Waals surface area contributed by atoms with Gasteiger partial charge in [-0.3, -0.25) is 9.69 Å². The van der Waals surface area contributed by atoms with E-state index in [1.54, 1.807) is 44.4 Å². The summed E-state index contributed by atoms with van der Waals surface area (Å²) in [6, 6.07) is 14.2. The number of sulfone groups is 1. The predicted octanol–water partition coefficient (Wildman–Crippen LogP) is 2.14. The van der Waals surface area contributed by atoms with Crippen molar-refractivity contribution in [3.63, 3.8) is 0 Å². The molecule has 0 bridgehead atoms. The van der Waals surface area contributed by atoms with Crippen molar-refractivity contribution >= 4 is 21.4 Å². The van der Waals surface area contributed by atoms with Crippen LogP contribution in [0.2, 0.25) is 0 Å². The van der Waals surface area contributed by atoms with Crippen LogP contribution in [0.25, 0.3) is 0 Å². The van der Waals surface area contributed by atoms with E-state index in [9.17, 15) is 13.2 Å². The van der Waals surface area contributed by atoms with Gasteiger partial charge in [0, 0.05) is 31.9 Å². The number of rotatable bonds is 6. The summed E-state index contributed by atoms with van der Waals surface area (Å²) < 4.78 is 34.3. The molecular formula is C21H26N2O5S. The molecule has 0 aromatic heterocycles. The molecule has 3 rings (SSSR count). The van der Waals surface area contributed by atoms with E-state index in [0.29, 0.717) is 30.3 Å². The standard InChI is InChI=1S/C21H26N2O5S/c1-22(17-9-10-18(27-2)19(15-17)28-3)21(24)20(16-7-5-4-6-8-16)23-11-13-29(25,26)14-12-23/h4-10,15,20H,11-14H2,1-3H3. The van der Waals surface area contributed by atoms with Crippen molar-refractivity contribution in [1.29, 1.82) is 0 Å². The summed E-state index contributed by atoms with van der Waals surface area (Å²) in [5, 5.41) is 0. The number of likely N-dealkylation sites (N-methyl/N-ethyl adjacent to an activating group) is 1. The Hall–Kier alpha value is -2.58. The maximum Gasteiger partial charge on any atom is 0.248 e. The van der Waals surface area contributed by atoms with Crippen LogP contribution in [0.4, 0.5) is 5.69 Å². The molecular weight excluding hydrogens is 392 g/mol. The number of anilines is 1. The van der Waals surface area contributed by atoms with Gasteiger partial charge in [-0.1, -0.05) is 30.3 Å². The van der Waals surface area contributed by atoms with E-state index in [4.69, 9.17) is 9.47 Å². The first kappa shape index (κ1) is 21.1. The lowest BCUT2D eigenvalue weighted by atomic mass is 10.0. The van der Waals surface area contributed by atoms with Crippen molar-refractivity contribution in [3.05, 3.63) is 54.1 Å². The minimum absolute atomic E-state index is 0.0592. The first-order chi connectivity index (χ1) is 13.9. The van der Waals surface area contributed by atoms with Crippen LogP contribution in [0.15, 0.2) is 48.5 Å². The number of amides is 1. The molecule has 29 heavy (non-hydrogen) atoms. The Kier molecular flexibility index (Phi) is 6.44. The molecule has 0 N–H and O–H groups in total. The zero-order valence-electron chi connectivity index (χ0n) is 16.9. The molecule has 1 saturated heterocycles. The van der Waals surface area contributed by atoms with Gasteiger partial charge in [-0.2, -0.15) is 0 Å². The number of ether oxygens (including phenoxy) is 2. The van der Waals surface area contributed by atoms with Crippen molar-refractivity contribution in [3.8, 4) is 11.5 Å². The minimum Gasteiger partial charge on any atom is -0.493 e. The van der Waals surface area contributed by atoms with Crippen molar-refractivity contribution in [2.75, 3.05) is 50.8 Å². The molecule has 2 aromatic carbocycles. The fourth-order valence-corrected chi connectivity index (χ4v) is 4.70. The van der Waals surface area contributed by atoms with Crippen molar-refractivity contribution in [2.45, 2.75) is 6.04 Å².